The van der Waals surface area contributed by atoms with Crippen molar-refractivity contribution in [3.8, 4) is 0 Å². The Balaban J connectivity index is 2.75. The van der Waals surface area contributed by atoms with Gasteiger partial charge in [-0.25, -0.2) is 4.79 Å². The molecule has 414 valence electrons. The Hall–Kier alpha value is -4.36. The van der Waals surface area contributed by atoms with E-state index in [1.165, 1.54) is 32.1 Å². The number of hydrogen-bond acceptors (Lipinski definition) is 11. The van der Waals surface area contributed by atoms with Crippen LogP contribution in [0.1, 0.15) is 213 Å². The number of esters is 3. The normalized spacial score (nSPS) is 19.1. The molecule has 1 aliphatic heterocycles. The summed E-state index contributed by atoms with van der Waals surface area (Å²) in [5, 5.41) is 31.4. The number of aliphatic hydroxyl groups is 2. The SMILES string of the molecule is CC/C=C\C/C=C\C/C=C\C/C=C\CCC(=O)OC1C(OCC(COC(=O)CCCCCCCCC/C=C\C/C=C\C/C=C\CC)OC(=O)CCCCCCC/C=C\CCCCCC)OC(C(=O)O)C(O)C1O. The van der Waals surface area contributed by atoms with E-state index >= 15 is 0 Å². The lowest BCUT2D eigenvalue weighted by molar-refractivity contribution is -0.301. The van der Waals surface area contributed by atoms with Crippen molar-refractivity contribution in [2.24, 2.45) is 0 Å². The fraction of sp³-hybridized carbons (Fsp3) is 0.672. The van der Waals surface area contributed by atoms with Gasteiger partial charge < -0.3 is 39.0 Å². The van der Waals surface area contributed by atoms with Gasteiger partial charge in [-0.15, -0.1) is 0 Å². The number of aliphatic carboxylic acids is 1. The van der Waals surface area contributed by atoms with Gasteiger partial charge in [-0.3, -0.25) is 14.4 Å². The van der Waals surface area contributed by atoms with Gasteiger partial charge in [0.2, 0.25) is 0 Å². The Morgan fingerprint density at radius 2 is 0.890 bits per heavy atom. The Labute approximate surface area is 441 Å². The fourth-order valence-electron chi connectivity index (χ4n) is 7.86. The quantitative estimate of drug-likeness (QED) is 0.0228. The molecule has 0 aromatic rings. The van der Waals surface area contributed by atoms with E-state index in [9.17, 15) is 34.5 Å². The second-order valence-electron chi connectivity index (χ2n) is 18.8. The number of allylic oxidation sites excluding steroid dienone is 16. The Kier molecular flexibility index (Phi) is 44.4. The zero-order valence-electron chi connectivity index (χ0n) is 45.3. The lowest BCUT2D eigenvalue weighted by atomic mass is 9.98. The summed E-state index contributed by atoms with van der Waals surface area (Å²) < 4.78 is 28.3. The number of carbonyl (C=O) groups excluding carboxylic acids is 3. The standard InChI is InChI=1S/C61H98O12/c1-4-7-10-13-16-19-22-25-26-27-28-31-32-35-38-41-44-47-53(62)69-50-52(71-54(63)48-45-42-39-36-33-29-23-20-17-14-11-8-5-2)51-70-61-59(57(66)56(65)58(73-61)60(67)68)72-55(64)49-46-43-40-37-34-30-24-21-18-15-12-9-6-3/h7,9-10,12,16,18-21,23,25-26,30,34,40,43,52,56-59,61,65-66H,4-6,8,11,13-15,17,22,24,27-29,31-33,35-39,41-42,44-51H2,1-3H3,(H,67,68)/b10-7-,12-9-,19-16-,21-18-,23-20-,26-25-,34-30-,43-40-. The van der Waals surface area contributed by atoms with Crippen LogP contribution >= 0.6 is 0 Å². The van der Waals surface area contributed by atoms with Crippen molar-refractivity contribution < 1.29 is 58.2 Å². The van der Waals surface area contributed by atoms with Gasteiger partial charge in [0.15, 0.2) is 24.6 Å². The van der Waals surface area contributed by atoms with E-state index in [4.69, 9.17) is 23.7 Å². The molecular weight excluding hydrogens is 925 g/mol. The molecule has 0 aromatic heterocycles. The molecule has 0 saturated carbocycles. The van der Waals surface area contributed by atoms with E-state index < -0.39 is 67.3 Å². The molecule has 6 unspecified atom stereocenters. The molecule has 12 heteroatoms. The van der Waals surface area contributed by atoms with E-state index in [1.54, 1.807) is 0 Å². The van der Waals surface area contributed by atoms with Crippen LogP contribution in [0.5, 0.6) is 0 Å². The average molecular weight is 1020 g/mol. The first-order chi connectivity index (χ1) is 35.6. The number of hydrogen-bond donors (Lipinski definition) is 3. The van der Waals surface area contributed by atoms with Gasteiger partial charge in [0.05, 0.1) is 6.61 Å². The zero-order valence-corrected chi connectivity index (χ0v) is 45.3. The summed E-state index contributed by atoms with van der Waals surface area (Å²) in [6.45, 7) is 5.68. The molecule has 0 aliphatic carbocycles. The summed E-state index contributed by atoms with van der Waals surface area (Å²) in [5.74, 6) is -3.26. The van der Waals surface area contributed by atoms with E-state index in [2.05, 4.69) is 99.8 Å². The van der Waals surface area contributed by atoms with Crippen LogP contribution in [0, 0.1) is 0 Å². The van der Waals surface area contributed by atoms with Gasteiger partial charge in [-0.1, -0.05) is 189 Å². The highest BCUT2D eigenvalue weighted by molar-refractivity contribution is 5.74. The highest BCUT2D eigenvalue weighted by Crippen LogP contribution is 2.26. The molecule has 1 fully saturated rings. The number of unbranched alkanes of at least 4 members (excludes halogenated alkanes) is 16. The minimum absolute atomic E-state index is 0.0662. The van der Waals surface area contributed by atoms with Gasteiger partial charge in [0.25, 0.3) is 0 Å². The monoisotopic (exact) mass is 1020 g/mol. The van der Waals surface area contributed by atoms with Gasteiger partial charge in [0, 0.05) is 19.3 Å². The van der Waals surface area contributed by atoms with Crippen molar-refractivity contribution in [1.82, 2.24) is 0 Å². The molecule has 1 heterocycles. The van der Waals surface area contributed by atoms with Gasteiger partial charge >= 0.3 is 23.9 Å². The Morgan fingerprint density at radius 3 is 1.38 bits per heavy atom. The molecule has 0 aromatic carbocycles. The zero-order chi connectivity index (χ0) is 53.3. The summed E-state index contributed by atoms with van der Waals surface area (Å²) in [7, 11) is 0. The van der Waals surface area contributed by atoms with Crippen molar-refractivity contribution >= 4 is 23.9 Å². The van der Waals surface area contributed by atoms with E-state index in [0.29, 0.717) is 25.7 Å². The van der Waals surface area contributed by atoms with Crippen LogP contribution in [0.2, 0.25) is 0 Å². The van der Waals surface area contributed by atoms with Crippen LogP contribution < -0.4 is 0 Å². The van der Waals surface area contributed by atoms with Crippen LogP contribution in [-0.4, -0.2) is 89.2 Å². The molecule has 0 radical (unpaired) electrons. The smallest absolute Gasteiger partial charge is 0.335 e. The van der Waals surface area contributed by atoms with Crippen LogP contribution in [0.3, 0.4) is 0 Å². The summed E-state index contributed by atoms with van der Waals surface area (Å²) in [4.78, 5) is 51.0. The van der Waals surface area contributed by atoms with Crippen molar-refractivity contribution in [1.29, 1.82) is 0 Å². The van der Waals surface area contributed by atoms with Crippen molar-refractivity contribution in [2.75, 3.05) is 13.2 Å². The first kappa shape index (κ1) is 66.7. The van der Waals surface area contributed by atoms with Gasteiger partial charge in [-0.2, -0.15) is 0 Å². The first-order valence-corrected chi connectivity index (χ1v) is 28.2. The maximum Gasteiger partial charge on any atom is 0.335 e. The number of rotatable bonds is 46. The molecule has 1 aliphatic rings. The second kappa shape index (κ2) is 48.6. The number of carboxylic acids is 1. The van der Waals surface area contributed by atoms with Crippen molar-refractivity contribution in [3.05, 3.63) is 97.2 Å². The van der Waals surface area contributed by atoms with Crippen LogP contribution in [-0.2, 0) is 42.9 Å². The predicted molar refractivity (Wildman–Crippen MR) is 294 cm³/mol. The first-order valence-electron chi connectivity index (χ1n) is 28.2. The molecule has 1 rings (SSSR count). The molecular formula is C61H98O12. The van der Waals surface area contributed by atoms with Crippen LogP contribution in [0.15, 0.2) is 97.2 Å². The van der Waals surface area contributed by atoms with Gasteiger partial charge in [-0.05, 0) is 103 Å². The topological polar surface area (TPSA) is 175 Å². The van der Waals surface area contributed by atoms with Crippen LogP contribution in [0.25, 0.3) is 0 Å². The molecule has 12 nitrogen and oxygen atoms in total. The van der Waals surface area contributed by atoms with E-state index in [0.717, 1.165) is 116 Å². The highest BCUT2D eigenvalue weighted by atomic mass is 16.7. The third kappa shape index (κ3) is 38.8. The Morgan fingerprint density at radius 1 is 0.466 bits per heavy atom. The van der Waals surface area contributed by atoms with Crippen molar-refractivity contribution in [3.63, 3.8) is 0 Å². The Bertz CT molecular complexity index is 1640. The summed E-state index contributed by atoms with van der Waals surface area (Å²) >= 11 is 0. The molecule has 0 spiro atoms. The highest BCUT2D eigenvalue weighted by Gasteiger charge is 2.50. The van der Waals surface area contributed by atoms with E-state index in [-0.39, 0.29) is 25.9 Å². The number of carbonyl (C=O) groups is 4. The molecule has 3 N–H and O–H groups in total. The predicted octanol–water partition coefficient (Wildman–Crippen LogP) is 14.1. The number of carboxylic acid groups (broad SMARTS) is 1. The lowest BCUT2D eigenvalue weighted by Gasteiger charge is -2.40. The summed E-state index contributed by atoms with van der Waals surface area (Å²) in [6.07, 6.45) is 51.1. The van der Waals surface area contributed by atoms with Crippen LogP contribution in [0.4, 0.5) is 0 Å². The number of aliphatic hydroxyl groups excluding tert-OH is 2. The average Bonchev–Trinajstić information content (AvgIpc) is 3.37. The molecule has 0 amide bonds. The maximum absolute atomic E-state index is 13.1. The molecule has 73 heavy (non-hydrogen) atoms. The third-order valence-electron chi connectivity index (χ3n) is 12.1. The van der Waals surface area contributed by atoms with Gasteiger partial charge in [0.1, 0.15) is 18.8 Å². The second-order valence-corrected chi connectivity index (χ2v) is 18.8. The molecule has 0 bridgehead atoms. The minimum Gasteiger partial charge on any atom is -0.479 e. The molecule has 1 saturated heterocycles. The summed E-state index contributed by atoms with van der Waals surface area (Å²) in [6, 6.07) is 0. The molecule has 6 atom stereocenters. The third-order valence-corrected chi connectivity index (χ3v) is 12.1. The summed E-state index contributed by atoms with van der Waals surface area (Å²) in [5.41, 5.74) is 0. The largest absolute Gasteiger partial charge is 0.479 e. The maximum atomic E-state index is 13.1. The fourth-order valence-corrected chi connectivity index (χ4v) is 7.86. The van der Waals surface area contributed by atoms with E-state index in [1.807, 2.05) is 18.2 Å². The number of ether oxygens (including phenoxy) is 5. The minimum atomic E-state index is -1.93. The lowest BCUT2D eigenvalue weighted by Crippen LogP contribution is -2.61. The van der Waals surface area contributed by atoms with Crippen molar-refractivity contribution in [2.45, 2.75) is 250 Å².